The molecule has 1 aliphatic heterocycles. The molecule has 0 spiro atoms. The molecule has 0 saturated carbocycles. The summed E-state index contributed by atoms with van der Waals surface area (Å²) in [6.45, 7) is 6.78. The molecule has 2 N–H and O–H groups in total. The van der Waals surface area contributed by atoms with E-state index in [9.17, 15) is 14.4 Å². The van der Waals surface area contributed by atoms with Crippen molar-refractivity contribution in [3.05, 3.63) is 48.5 Å². The molecule has 2 aromatic rings. The maximum Gasteiger partial charge on any atom is 0.250 e. The van der Waals surface area contributed by atoms with Gasteiger partial charge in [-0.25, -0.2) is 0 Å². The van der Waals surface area contributed by atoms with Crippen molar-refractivity contribution < 1.29 is 14.4 Å². The molecule has 1 atom stereocenters. The summed E-state index contributed by atoms with van der Waals surface area (Å²) < 4.78 is 0. The lowest BCUT2D eigenvalue weighted by molar-refractivity contribution is -0.126. The first kappa shape index (κ1) is 19.9. The van der Waals surface area contributed by atoms with E-state index in [1.807, 2.05) is 37.3 Å². The van der Waals surface area contributed by atoms with Gasteiger partial charge < -0.3 is 10.6 Å². The van der Waals surface area contributed by atoms with Crippen LogP contribution in [0, 0.1) is 0 Å². The molecule has 0 bridgehead atoms. The van der Waals surface area contributed by atoms with Gasteiger partial charge in [0.25, 0.3) is 0 Å². The van der Waals surface area contributed by atoms with Crippen molar-refractivity contribution in [1.82, 2.24) is 0 Å². The highest BCUT2D eigenvalue weighted by molar-refractivity contribution is 8.00. The predicted molar refractivity (Wildman–Crippen MR) is 113 cm³/mol. The minimum absolute atomic E-state index is 0.131. The Labute approximate surface area is 168 Å². The Balaban J connectivity index is 1.82. The fourth-order valence-electron chi connectivity index (χ4n) is 3.10. The Morgan fingerprint density at radius 1 is 1.11 bits per heavy atom. The Hall–Kier alpha value is -2.80. The Kier molecular flexibility index (Phi) is 5.47. The van der Waals surface area contributed by atoms with Crippen LogP contribution in [0.25, 0.3) is 0 Å². The van der Waals surface area contributed by atoms with E-state index < -0.39 is 10.8 Å². The van der Waals surface area contributed by atoms with Crippen LogP contribution < -0.4 is 15.5 Å². The Morgan fingerprint density at radius 3 is 2.39 bits per heavy atom. The predicted octanol–water partition coefficient (Wildman–Crippen LogP) is 3.89. The second-order valence-electron chi connectivity index (χ2n) is 7.17. The van der Waals surface area contributed by atoms with Crippen LogP contribution in [0.1, 0.15) is 27.7 Å². The molecule has 7 heteroatoms. The summed E-state index contributed by atoms with van der Waals surface area (Å²) in [5.74, 6) is -0.479. The van der Waals surface area contributed by atoms with Crippen molar-refractivity contribution in [3.63, 3.8) is 0 Å². The second-order valence-corrected chi connectivity index (χ2v) is 8.58. The van der Waals surface area contributed by atoms with Gasteiger partial charge in [-0.2, -0.15) is 0 Å². The molecule has 1 aliphatic rings. The van der Waals surface area contributed by atoms with Crippen molar-refractivity contribution in [1.29, 1.82) is 0 Å². The van der Waals surface area contributed by atoms with Crippen molar-refractivity contribution >= 4 is 46.5 Å². The number of nitrogens with zero attached hydrogens (tertiary/aromatic N) is 1. The van der Waals surface area contributed by atoms with E-state index in [1.165, 1.54) is 18.7 Å². The average molecular weight is 398 g/mol. The fourth-order valence-corrected chi connectivity index (χ4v) is 4.01. The number of rotatable bonds is 4. The van der Waals surface area contributed by atoms with Crippen LogP contribution in [0.5, 0.6) is 0 Å². The van der Waals surface area contributed by atoms with Crippen LogP contribution in [0.15, 0.2) is 53.4 Å². The molecule has 6 nitrogen and oxygen atoms in total. The lowest BCUT2D eigenvalue weighted by Crippen LogP contribution is -2.60. The standard InChI is InChI=1S/C21H23N3O3S/c1-13(28-16-11-9-15(10-12-16)22-14(2)25)19(26)24-18-8-6-5-7-17(18)23-20(27)21(24,3)4/h5-13H,1-4H3,(H,22,25)(H,23,27)/t13-/m0/s1. The Bertz CT molecular complexity index is 925. The van der Waals surface area contributed by atoms with E-state index in [2.05, 4.69) is 10.6 Å². The number of anilines is 3. The van der Waals surface area contributed by atoms with Crippen LogP contribution in [-0.4, -0.2) is 28.5 Å². The van der Waals surface area contributed by atoms with Gasteiger partial charge in [-0.15, -0.1) is 11.8 Å². The van der Waals surface area contributed by atoms with Crippen molar-refractivity contribution in [2.75, 3.05) is 15.5 Å². The Morgan fingerprint density at radius 2 is 1.75 bits per heavy atom. The summed E-state index contributed by atoms with van der Waals surface area (Å²) in [5, 5.41) is 5.19. The van der Waals surface area contributed by atoms with Crippen LogP contribution in [0.2, 0.25) is 0 Å². The molecule has 0 radical (unpaired) electrons. The zero-order valence-corrected chi connectivity index (χ0v) is 17.1. The number of fused-ring (bicyclic) bond motifs is 1. The van der Waals surface area contributed by atoms with Crippen LogP contribution in [0.3, 0.4) is 0 Å². The zero-order chi connectivity index (χ0) is 20.5. The molecule has 2 aromatic carbocycles. The summed E-state index contributed by atoms with van der Waals surface area (Å²) in [5.41, 5.74) is 1.05. The maximum atomic E-state index is 13.3. The van der Waals surface area contributed by atoms with Crippen molar-refractivity contribution in [2.24, 2.45) is 0 Å². The average Bonchev–Trinajstić information content (AvgIpc) is 2.63. The third-order valence-electron chi connectivity index (χ3n) is 4.56. The lowest BCUT2D eigenvalue weighted by atomic mass is 9.96. The van der Waals surface area contributed by atoms with E-state index in [1.54, 1.807) is 36.9 Å². The van der Waals surface area contributed by atoms with Gasteiger partial charge >= 0.3 is 0 Å². The van der Waals surface area contributed by atoms with E-state index >= 15 is 0 Å². The van der Waals surface area contributed by atoms with Crippen molar-refractivity contribution in [3.8, 4) is 0 Å². The van der Waals surface area contributed by atoms with Crippen LogP contribution >= 0.6 is 11.8 Å². The van der Waals surface area contributed by atoms with Gasteiger partial charge in [0, 0.05) is 17.5 Å². The summed E-state index contributed by atoms with van der Waals surface area (Å²) in [7, 11) is 0. The topological polar surface area (TPSA) is 78.5 Å². The zero-order valence-electron chi connectivity index (χ0n) is 16.3. The molecule has 1 heterocycles. The van der Waals surface area contributed by atoms with Gasteiger partial charge in [-0.05, 0) is 57.2 Å². The fraction of sp³-hybridized carbons (Fsp3) is 0.286. The summed E-state index contributed by atoms with van der Waals surface area (Å²) in [6.07, 6.45) is 0. The van der Waals surface area contributed by atoms with Gasteiger partial charge in [-0.3, -0.25) is 19.3 Å². The van der Waals surface area contributed by atoms with E-state index in [0.29, 0.717) is 17.1 Å². The number of amides is 3. The molecular weight excluding hydrogens is 374 g/mol. The number of carbonyl (C=O) groups is 3. The number of thioether (sulfide) groups is 1. The molecule has 0 saturated heterocycles. The normalized spacial score (nSPS) is 16.0. The third kappa shape index (κ3) is 3.89. The van der Waals surface area contributed by atoms with Gasteiger partial charge in [0.15, 0.2) is 0 Å². The third-order valence-corrected chi connectivity index (χ3v) is 5.66. The van der Waals surface area contributed by atoms with Gasteiger partial charge in [0.05, 0.1) is 16.6 Å². The highest BCUT2D eigenvalue weighted by Gasteiger charge is 2.44. The molecule has 28 heavy (non-hydrogen) atoms. The van der Waals surface area contributed by atoms with E-state index in [4.69, 9.17) is 0 Å². The number of carbonyl (C=O) groups excluding carboxylic acids is 3. The summed E-state index contributed by atoms with van der Waals surface area (Å²) in [4.78, 5) is 39.5. The maximum absolute atomic E-state index is 13.3. The van der Waals surface area contributed by atoms with Gasteiger partial charge in [0.2, 0.25) is 17.7 Å². The first-order valence-corrected chi connectivity index (χ1v) is 9.87. The number of benzene rings is 2. The molecule has 3 amide bonds. The molecule has 3 rings (SSSR count). The minimum atomic E-state index is -0.991. The number of hydrogen-bond donors (Lipinski definition) is 2. The van der Waals surface area contributed by atoms with Crippen molar-refractivity contribution in [2.45, 2.75) is 43.4 Å². The van der Waals surface area contributed by atoms with Gasteiger partial charge in [0.1, 0.15) is 5.54 Å². The first-order valence-electron chi connectivity index (χ1n) is 8.99. The molecule has 0 fully saturated rings. The second kappa shape index (κ2) is 7.67. The monoisotopic (exact) mass is 397 g/mol. The lowest BCUT2D eigenvalue weighted by Gasteiger charge is -2.43. The van der Waals surface area contributed by atoms with Gasteiger partial charge in [-0.1, -0.05) is 12.1 Å². The number of hydrogen-bond acceptors (Lipinski definition) is 4. The minimum Gasteiger partial charge on any atom is -0.326 e. The molecule has 0 aromatic heterocycles. The van der Waals surface area contributed by atoms with Crippen LogP contribution in [-0.2, 0) is 14.4 Å². The highest BCUT2D eigenvalue weighted by Crippen LogP contribution is 2.38. The number of nitrogens with one attached hydrogen (secondary N) is 2. The smallest absolute Gasteiger partial charge is 0.250 e. The largest absolute Gasteiger partial charge is 0.326 e. The molecule has 0 unspecified atom stereocenters. The quantitative estimate of drug-likeness (QED) is 0.767. The summed E-state index contributed by atoms with van der Waals surface area (Å²) in [6, 6.07) is 14.6. The molecular formula is C21H23N3O3S. The SMILES string of the molecule is CC(=O)Nc1ccc(S[C@@H](C)C(=O)N2c3ccccc3NC(=O)C2(C)C)cc1. The molecule has 0 aliphatic carbocycles. The van der Waals surface area contributed by atoms with E-state index in [-0.39, 0.29) is 17.7 Å². The number of para-hydroxylation sites is 2. The van der Waals surface area contributed by atoms with E-state index in [0.717, 1.165) is 4.90 Å². The van der Waals surface area contributed by atoms with Crippen LogP contribution in [0.4, 0.5) is 17.1 Å². The molecule has 146 valence electrons. The first-order chi connectivity index (χ1) is 13.2. The summed E-state index contributed by atoms with van der Waals surface area (Å²) >= 11 is 1.41. The highest BCUT2D eigenvalue weighted by atomic mass is 32.2.